The van der Waals surface area contributed by atoms with E-state index in [1.54, 1.807) is 11.8 Å². The topological polar surface area (TPSA) is 55.6 Å². The minimum absolute atomic E-state index is 0. The Kier molecular flexibility index (Phi) is 7.58. The Morgan fingerprint density at radius 2 is 2.17 bits per heavy atom. The van der Waals surface area contributed by atoms with Gasteiger partial charge in [0.1, 0.15) is 11.6 Å². The fourth-order valence-corrected chi connectivity index (χ4v) is 2.92. The Morgan fingerprint density at radius 3 is 2.78 bits per heavy atom. The molecular weight excluding hydrogens is 342 g/mol. The average molecular weight is 365 g/mol. The number of hydrogen-bond donors (Lipinski definition) is 1. The molecule has 3 unspecified atom stereocenters. The lowest BCUT2D eigenvalue weighted by atomic mass is 9.92. The molecule has 0 bridgehead atoms. The van der Waals surface area contributed by atoms with Gasteiger partial charge in [0, 0.05) is 19.1 Å². The lowest BCUT2D eigenvalue weighted by Gasteiger charge is -2.35. The highest BCUT2D eigenvalue weighted by atomic mass is 35.5. The van der Waals surface area contributed by atoms with Crippen LogP contribution in [0.2, 0.25) is 5.02 Å². The smallest absolute Gasteiger partial charge is 0.263 e. The molecule has 2 rings (SSSR count). The van der Waals surface area contributed by atoms with Crippen molar-refractivity contribution in [1.29, 1.82) is 0 Å². The van der Waals surface area contributed by atoms with E-state index in [-0.39, 0.29) is 29.4 Å². The highest BCUT2D eigenvalue weighted by molar-refractivity contribution is 6.32. The summed E-state index contributed by atoms with van der Waals surface area (Å²) in [5, 5.41) is 0.159. The lowest BCUT2D eigenvalue weighted by molar-refractivity contribution is -0.139. The number of ether oxygens (including phenoxy) is 1. The fourth-order valence-electron chi connectivity index (χ4n) is 2.71. The number of likely N-dealkylation sites (tertiary alicyclic amines) is 1. The second-order valence-corrected chi connectivity index (χ2v) is 6.29. The Balaban J connectivity index is 0.00000264. The van der Waals surface area contributed by atoms with E-state index >= 15 is 0 Å². The summed E-state index contributed by atoms with van der Waals surface area (Å²) < 4.78 is 18.6. The molecule has 0 radical (unpaired) electrons. The van der Waals surface area contributed by atoms with Gasteiger partial charge in [-0.15, -0.1) is 12.4 Å². The number of piperidine rings is 1. The zero-order chi connectivity index (χ0) is 16.3. The Morgan fingerprint density at radius 1 is 1.48 bits per heavy atom. The van der Waals surface area contributed by atoms with Crippen molar-refractivity contribution < 1.29 is 13.9 Å². The van der Waals surface area contributed by atoms with Crippen LogP contribution in [0.4, 0.5) is 4.39 Å². The van der Waals surface area contributed by atoms with E-state index < -0.39 is 11.9 Å². The second-order valence-electron chi connectivity index (χ2n) is 5.88. The lowest BCUT2D eigenvalue weighted by Crippen LogP contribution is -2.48. The van der Waals surface area contributed by atoms with Gasteiger partial charge >= 0.3 is 0 Å². The predicted molar refractivity (Wildman–Crippen MR) is 91.7 cm³/mol. The molecule has 0 saturated carbocycles. The van der Waals surface area contributed by atoms with Gasteiger partial charge in [-0.2, -0.15) is 0 Å². The van der Waals surface area contributed by atoms with Crippen LogP contribution in [0.25, 0.3) is 0 Å². The van der Waals surface area contributed by atoms with Crippen molar-refractivity contribution >= 4 is 29.9 Å². The highest BCUT2D eigenvalue weighted by Gasteiger charge is 2.29. The molecule has 1 amide bonds. The van der Waals surface area contributed by atoms with Gasteiger partial charge in [0.05, 0.1) is 5.02 Å². The molecule has 23 heavy (non-hydrogen) atoms. The van der Waals surface area contributed by atoms with E-state index in [0.29, 0.717) is 24.8 Å². The van der Waals surface area contributed by atoms with Crippen LogP contribution in [-0.4, -0.2) is 36.0 Å². The average Bonchev–Trinajstić information content (AvgIpc) is 2.49. The number of halogens is 3. The van der Waals surface area contributed by atoms with Crippen molar-refractivity contribution in [2.24, 2.45) is 11.7 Å². The molecule has 1 heterocycles. The van der Waals surface area contributed by atoms with E-state index in [1.807, 2.05) is 6.92 Å². The quantitative estimate of drug-likeness (QED) is 0.891. The van der Waals surface area contributed by atoms with E-state index in [4.69, 9.17) is 22.1 Å². The largest absolute Gasteiger partial charge is 0.479 e. The van der Waals surface area contributed by atoms with Crippen LogP contribution in [0, 0.1) is 11.7 Å². The molecule has 1 aliphatic rings. The first-order chi connectivity index (χ1) is 10.4. The maximum absolute atomic E-state index is 13.0. The summed E-state index contributed by atoms with van der Waals surface area (Å²) in [6.45, 7) is 5.02. The highest BCUT2D eigenvalue weighted by Crippen LogP contribution is 2.27. The molecular formula is C16H23Cl2FN2O2. The van der Waals surface area contributed by atoms with Crippen LogP contribution >= 0.6 is 24.0 Å². The van der Waals surface area contributed by atoms with Crippen LogP contribution in [0.5, 0.6) is 5.75 Å². The van der Waals surface area contributed by atoms with E-state index in [9.17, 15) is 9.18 Å². The molecule has 1 aromatic rings. The van der Waals surface area contributed by atoms with Crippen molar-refractivity contribution in [2.75, 3.05) is 13.1 Å². The zero-order valence-electron chi connectivity index (χ0n) is 13.3. The van der Waals surface area contributed by atoms with Gasteiger partial charge in [-0.3, -0.25) is 4.79 Å². The van der Waals surface area contributed by atoms with Crippen LogP contribution in [0.15, 0.2) is 18.2 Å². The number of benzene rings is 1. The summed E-state index contributed by atoms with van der Waals surface area (Å²) in [7, 11) is 0. The molecule has 1 fully saturated rings. The molecule has 7 heteroatoms. The molecule has 1 aromatic carbocycles. The molecule has 130 valence electrons. The van der Waals surface area contributed by atoms with Gasteiger partial charge in [0.15, 0.2) is 6.10 Å². The first-order valence-corrected chi connectivity index (χ1v) is 7.92. The standard InChI is InChI=1S/C16H22ClFN2O2.ClH/c1-10(19)12-4-3-7-20(9-12)16(21)11(2)22-15-6-5-13(18)8-14(15)17;/h5-6,8,10-12H,3-4,7,9,19H2,1-2H3;1H. The maximum Gasteiger partial charge on any atom is 0.263 e. The monoisotopic (exact) mass is 364 g/mol. The summed E-state index contributed by atoms with van der Waals surface area (Å²) in [6, 6.07) is 3.92. The van der Waals surface area contributed by atoms with Gasteiger partial charge in [-0.1, -0.05) is 11.6 Å². The molecule has 0 spiro atoms. The van der Waals surface area contributed by atoms with Crippen LogP contribution in [0.3, 0.4) is 0 Å². The summed E-state index contributed by atoms with van der Waals surface area (Å²) in [6.07, 6.45) is 1.32. The molecule has 0 aromatic heterocycles. The van der Waals surface area contributed by atoms with Gasteiger partial charge in [0.25, 0.3) is 5.91 Å². The third kappa shape index (κ3) is 5.23. The second kappa shape index (κ2) is 8.71. The summed E-state index contributed by atoms with van der Waals surface area (Å²) in [5.74, 6) is 0.0989. The Labute approximate surface area is 147 Å². The van der Waals surface area contributed by atoms with Crippen molar-refractivity contribution in [3.8, 4) is 5.75 Å². The number of nitrogens with zero attached hydrogens (tertiary/aromatic N) is 1. The first-order valence-electron chi connectivity index (χ1n) is 7.54. The van der Waals surface area contributed by atoms with Crippen molar-refractivity contribution in [3.05, 3.63) is 29.0 Å². The molecule has 2 N–H and O–H groups in total. The number of rotatable bonds is 4. The third-order valence-electron chi connectivity index (χ3n) is 4.06. The third-order valence-corrected chi connectivity index (χ3v) is 4.35. The predicted octanol–water partition coefficient (Wildman–Crippen LogP) is 3.25. The maximum atomic E-state index is 13.0. The summed E-state index contributed by atoms with van der Waals surface area (Å²) in [5.41, 5.74) is 5.94. The first kappa shape index (κ1) is 20.0. The number of carbonyl (C=O) groups excluding carboxylic acids is 1. The van der Waals surface area contributed by atoms with Gasteiger partial charge < -0.3 is 15.4 Å². The van der Waals surface area contributed by atoms with Gasteiger partial charge in [-0.05, 0) is 50.8 Å². The van der Waals surface area contributed by atoms with Crippen molar-refractivity contribution in [2.45, 2.75) is 38.8 Å². The minimum Gasteiger partial charge on any atom is -0.479 e. The number of carbonyl (C=O) groups is 1. The Hall–Kier alpha value is -1.04. The summed E-state index contributed by atoms with van der Waals surface area (Å²) in [4.78, 5) is 14.3. The molecule has 3 atom stereocenters. The van der Waals surface area contributed by atoms with Crippen LogP contribution in [0.1, 0.15) is 26.7 Å². The molecule has 4 nitrogen and oxygen atoms in total. The molecule has 1 aliphatic heterocycles. The zero-order valence-corrected chi connectivity index (χ0v) is 14.9. The number of hydrogen-bond acceptors (Lipinski definition) is 3. The summed E-state index contributed by atoms with van der Waals surface area (Å²) >= 11 is 5.92. The van der Waals surface area contributed by atoms with Crippen LogP contribution in [-0.2, 0) is 4.79 Å². The van der Waals surface area contributed by atoms with E-state index in [1.165, 1.54) is 18.2 Å². The van der Waals surface area contributed by atoms with E-state index in [0.717, 1.165) is 12.8 Å². The SMILES string of the molecule is CC(Oc1ccc(F)cc1Cl)C(=O)N1CCCC(C(C)N)C1.Cl. The van der Waals surface area contributed by atoms with Crippen LogP contribution < -0.4 is 10.5 Å². The Bertz CT molecular complexity index is 543. The minimum atomic E-state index is -0.671. The number of amides is 1. The van der Waals surface area contributed by atoms with E-state index in [2.05, 4.69) is 0 Å². The van der Waals surface area contributed by atoms with Crippen molar-refractivity contribution in [3.63, 3.8) is 0 Å². The van der Waals surface area contributed by atoms with Gasteiger partial charge in [0.2, 0.25) is 0 Å². The molecule has 1 saturated heterocycles. The normalized spacial score (nSPS) is 20.4. The molecule has 0 aliphatic carbocycles. The van der Waals surface area contributed by atoms with Crippen molar-refractivity contribution in [1.82, 2.24) is 4.90 Å². The fraction of sp³-hybridized carbons (Fsp3) is 0.562. The van der Waals surface area contributed by atoms with Gasteiger partial charge in [-0.25, -0.2) is 4.39 Å². The number of nitrogens with two attached hydrogens (primary N) is 1.